The predicted molar refractivity (Wildman–Crippen MR) is 85.1 cm³/mol. The molecule has 1 atom stereocenters. The lowest BCUT2D eigenvalue weighted by atomic mass is 9.82. The maximum atomic E-state index is 10.3. The highest BCUT2D eigenvalue weighted by Gasteiger charge is 2.34. The number of likely N-dealkylation sites (tertiary alicyclic amines) is 1. The standard InChI is InChI=1S/C17H26ClNO/c1-3-17(4-2)9-11-19(13-17)10-8-16(20)14-6-5-7-15(18)12-14/h5-7,12,16,20H,3-4,8-11,13H2,1-2H3. The number of aliphatic hydroxyl groups excluding tert-OH is 1. The van der Waals surface area contributed by atoms with Gasteiger partial charge < -0.3 is 10.0 Å². The zero-order chi connectivity index (χ0) is 14.6. The number of rotatable bonds is 6. The minimum atomic E-state index is -0.410. The summed E-state index contributed by atoms with van der Waals surface area (Å²) in [4.78, 5) is 2.50. The van der Waals surface area contributed by atoms with Crippen molar-refractivity contribution < 1.29 is 5.11 Å². The normalized spacial score (nSPS) is 20.2. The van der Waals surface area contributed by atoms with Gasteiger partial charge in [0.05, 0.1) is 6.10 Å². The van der Waals surface area contributed by atoms with Gasteiger partial charge in [0.25, 0.3) is 0 Å². The number of halogens is 1. The van der Waals surface area contributed by atoms with Gasteiger partial charge in [0.1, 0.15) is 0 Å². The lowest BCUT2D eigenvalue weighted by molar-refractivity contribution is 0.143. The molecule has 1 saturated heterocycles. The maximum absolute atomic E-state index is 10.3. The molecule has 1 heterocycles. The molecule has 0 aliphatic carbocycles. The van der Waals surface area contributed by atoms with Gasteiger partial charge in [0.15, 0.2) is 0 Å². The molecule has 1 aromatic carbocycles. The van der Waals surface area contributed by atoms with E-state index in [-0.39, 0.29) is 0 Å². The maximum Gasteiger partial charge on any atom is 0.0802 e. The minimum absolute atomic E-state index is 0.410. The average molecular weight is 296 g/mol. The van der Waals surface area contributed by atoms with E-state index in [0.717, 1.165) is 18.5 Å². The van der Waals surface area contributed by atoms with Crippen LogP contribution < -0.4 is 0 Å². The summed E-state index contributed by atoms with van der Waals surface area (Å²) in [7, 11) is 0. The first kappa shape index (κ1) is 15.8. The Morgan fingerprint density at radius 1 is 1.35 bits per heavy atom. The minimum Gasteiger partial charge on any atom is -0.388 e. The van der Waals surface area contributed by atoms with Crippen molar-refractivity contribution in [2.45, 2.75) is 45.6 Å². The Kier molecular flexibility index (Phi) is 5.48. The van der Waals surface area contributed by atoms with Gasteiger partial charge in [-0.1, -0.05) is 37.6 Å². The number of hydrogen-bond donors (Lipinski definition) is 1. The highest BCUT2D eigenvalue weighted by atomic mass is 35.5. The Balaban J connectivity index is 1.84. The van der Waals surface area contributed by atoms with Crippen molar-refractivity contribution in [1.29, 1.82) is 0 Å². The van der Waals surface area contributed by atoms with E-state index in [1.807, 2.05) is 24.3 Å². The van der Waals surface area contributed by atoms with E-state index in [0.29, 0.717) is 10.4 Å². The van der Waals surface area contributed by atoms with E-state index in [9.17, 15) is 5.11 Å². The molecule has 20 heavy (non-hydrogen) atoms. The highest BCUT2D eigenvalue weighted by molar-refractivity contribution is 6.30. The van der Waals surface area contributed by atoms with Gasteiger partial charge in [-0.25, -0.2) is 0 Å². The molecule has 1 N–H and O–H groups in total. The molecule has 1 aliphatic rings. The third kappa shape index (κ3) is 3.75. The van der Waals surface area contributed by atoms with Crippen LogP contribution in [0.15, 0.2) is 24.3 Å². The SMILES string of the molecule is CCC1(CC)CCN(CCC(O)c2cccc(Cl)c2)C1. The summed E-state index contributed by atoms with van der Waals surface area (Å²) in [6.45, 7) is 7.92. The van der Waals surface area contributed by atoms with Crippen molar-refractivity contribution in [3.63, 3.8) is 0 Å². The molecule has 3 heteroatoms. The Morgan fingerprint density at radius 2 is 2.10 bits per heavy atom. The number of hydrogen-bond acceptors (Lipinski definition) is 2. The second kappa shape index (κ2) is 6.93. The Morgan fingerprint density at radius 3 is 2.70 bits per heavy atom. The van der Waals surface area contributed by atoms with Crippen LogP contribution >= 0.6 is 11.6 Å². The molecule has 0 saturated carbocycles. The van der Waals surface area contributed by atoms with Crippen LogP contribution in [0.1, 0.15) is 51.2 Å². The van der Waals surface area contributed by atoms with Crippen LogP contribution in [0.5, 0.6) is 0 Å². The number of nitrogens with zero attached hydrogens (tertiary/aromatic N) is 1. The molecule has 2 nitrogen and oxygen atoms in total. The first-order valence-corrected chi connectivity index (χ1v) is 8.12. The van der Waals surface area contributed by atoms with E-state index in [4.69, 9.17) is 11.6 Å². The van der Waals surface area contributed by atoms with Gasteiger partial charge in [-0.05, 0) is 55.3 Å². The first-order valence-electron chi connectivity index (χ1n) is 7.74. The smallest absolute Gasteiger partial charge is 0.0802 e. The zero-order valence-electron chi connectivity index (χ0n) is 12.6. The second-order valence-corrected chi connectivity index (χ2v) is 6.53. The van der Waals surface area contributed by atoms with E-state index >= 15 is 0 Å². The second-order valence-electron chi connectivity index (χ2n) is 6.09. The Hall–Kier alpha value is -0.570. The van der Waals surface area contributed by atoms with Crippen LogP contribution in [0, 0.1) is 5.41 Å². The molecule has 112 valence electrons. The Bertz CT molecular complexity index is 431. The highest BCUT2D eigenvalue weighted by Crippen LogP contribution is 2.37. The zero-order valence-corrected chi connectivity index (χ0v) is 13.4. The quantitative estimate of drug-likeness (QED) is 0.847. The Labute approximate surface area is 127 Å². The molecule has 0 bridgehead atoms. The fourth-order valence-electron chi connectivity index (χ4n) is 3.23. The molecule has 1 fully saturated rings. The predicted octanol–water partition coefficient (Wildman–Crippen LogP) is 4.28. The average Bonchev–Trinajstić information content (AvgIpc) is 2.89. The van der Waals surface area contributed by atoms with Gasteiger partial charge in [-0.15, -0.1) is 0 Å². The molecule has 2 rings (SSSR count). The number of benzene rings is 1. The molecule has 1 aromatic rings. The summed E-state index contributed by atoms with van der Waals surface area (Å²) in [6, 6.07) is 7.55. The molecule has 0 aromatic heterocycles. The van der Waals surface area contributed by atoms with Crippen molar-refractivity contribution in [2.75, 3.05) is 19.6 Å². The fraction of sp³-hybridized carbons (Fsp3) is 0.647. The van der Waals surface area contributed by atoms with Crippen LogP contribution in [-0.4, -0.2) is 29.6 Å². The fourth-order valence-corrected chi connectivity index (χ4v) is 3.43. The third-order valence-corrected chi connectivity index (χ3v) is 5.20. The van der Waals surface area contributed by atoms with Crippen LogP contribution in [-0.2, 0) is 0 Å². The topological polar surface area (TPSA) is 23.5 Å². The van der Waals surface area contributed by atoms with Crippen molar-refractivity contribution in [2.24, 2.45) is 5.41 Å². The summed E-state index contributed by atoms with van der Waals surface area (Å²) in [5.74, 6) is 0. The van der Waals surface area contributed by atoms with Gasteiger partial charge in [0, 0.05) is 18.1 Å². The molecule has 1 aliphatic heterocycles. The third-order valence-electron chi connectivity index (χ3n) is 4.97. The van der Waals surface area contributed by atoms with Crippen molar-refractivity contribution in [1.82, 2.24) is 4.90 Å². The summed E-state index contributed by atoms with van der Waals surface area (Å²) in [5, 5.41) is 11.0. The monoisotopic (exact) mass is 295 g/mol. The van der Waals surface area contributed by atoms with Crippen LogP contribution in [0.2, 0.25) is 5.02 Å². The van der Waals surface area contributed by atoms with E-state index in [1.54, 1.807) is 0 Å². The summed E-state index contributed by atoms with van der Waals surface area (Å²) >= 11 is 5.97. The van der Waals surface area contributed by atoms with E-state index in [1.165, 1.54) is 32.4 Å². The number of aliphatic hydroxyl groups is 1. The summed E-state index contributed by atoms with van der Waals surface area (Å²) in [5.41, 5.74) is 1.44. The molecule has 1 unspecified atom stereocenters. The van der Waals surface area contributed by atoms with Crippen molar-refractivity contribution in [3.05, 3.63) is 34.9 Å². The van der Waals surface area contributed by atoms with Crippen molar-refractivity contribution >= 4 is 11.6 Å². The van der Waals surface area contributed by atoms with Gasteiger partial charge in [-0.3, -0.25) is 0 Å². The van der Waals surface area contributed by atoms with Crippen molar-refractivity contribution in [3.8, 4) is 0 Å². The van der Waals surface area contributed by atoms with Gasteiger partial charge in [0.2, 0.25) is 0 Å². The van der Waals surface area contributed by atoms with Crippen LogP contribution in [0.25, 0.3) is 0 Å². The van der Waals surface area contributed by atoms with E-state index < -0.39 is 6.10 Å². The van der Waals surface area contributed by atoms with Gasteiger partial charge >= 0.3 is 0 Å². The molecule has 0 radical (unpaired) electrons. The largest absolute Gasteiger partial charge is 0.388 e. The lowest BCUT2D eigenvalue weighted by Gasteiger charge is -2.26. The first-order chi connectivity index (χ1) is 9.58. The van der Waals surface area contributed by atoms with E-state index in [2.05, 4.69) is 18.7 Å². The van der Waals surface area contributed by atoms with Gasteiger partial charge in [-0.2, -0.15) is 0 Å². The van der Waals surface area contributed by atoms with Crippen LogP contribution in [0.4, 0.5) is 0 Å². The molecule has 0 spiro atoms. The lowest BCUT2D eigenvalue weighted by Crippen LogP contribution is -2.28. The summed E-state index contributed by atoms with van der Waals surface area (Å²) in [6.07, 6.45) is 4.19. The van der Waals surface area contributed by atoms with Crippen LogP contribution in [0.3, 0.4) is 0 Å². The summed E-state index contributed by atoms with van der Waals surface area (Å²) < 4.78 is 0. The molecular formula is C17H26ClNO. The molecule has 0 amide bonds. The molecular weight excluding hydrogens is 270 g/mol.